The zero-order valence-electron chi connectivity index (χ0n) is 38.0. The highest BCUT2D eigenvalue weighted by molar-refractivity contribution is 5.69. The van der Waals surface area contributed by atoms with Crippen LogP contribution < -0.4 is 0 Å². The van der Waals surface area contributed by atoms with E-state index in [1.807, 2.05) is 0 Å². The SMILES string of the molecule is CCCCCCCCCCCCCCCCCCCCCCCCCCCCCCCCCCOC(=O)CCCCCCC/C=C\C[C@H](O)CCCCCC. The number of hydrogen-bond donors (Lipinski definition) is 1. The molecule has 0 saturated heterocycles. The molecular weight excluding hydrogens is 673 g/mol. The standard InChI is InChI=1S/C52H102O3/c1-3-5-7-9-10-11-12-13-14-15-16-17-18-19-20-21-22-23-24-25-26-27-28-29-30-31-32-33-36-39-42-46-50-55-52(54)49-45-41-38-35-34-37-40-44-48-51(53)47-43-8-6-4-2/h40,44,51,53H,3-39,41-43,45-50H2,1-2H3/b44-40-/t51-/m1/s1. The number of rotatable bonds is 48. The van der Waals surface area contributed by atoms with E-state index >= 15 is 0 Å². The Bertz CT molecular complexity index is 732. The summed E-state index contributed by atoms with van der Waals surface area (Å²) >= 11 is 0. The minimum absolute atomic E-state index is 0.00285. The van der Waals surface area contributed by atoms with Crippen LogP contribution in [0.25, 0.3) is 0 Å². The molecule has 0 aromatic rings. The third-order valence-electron chi connectivity index (χ3n) is 12.0. The Morgan fingerprint density at radius 2 is 0.709 bits per heavy atom. The Morgan fingerprint density at radius 3 is 1.09 bits per heavy atom. The van der Waals surface area contributed by atoms with E-state index in [0.29, 0.717) is 13.0 Å². The number of esters is 1. The van der Waals surface area contributed by atoms with Gasteiger partial charge in [0.2, 0.25) is 0 Å². The Hall–Kier alpha value is -0.830. The molecule has 0 saturated carbocycles. The fraction of sp³-hybridized carbons (Fsp3) is 0.942. The molecule has 1 atom stereocenters. The van der Waals surface area contributed by atoms with Crippen LogP contribution in [0.5, 0.6) is 0 Å². The number of carbonyl (C=O) groups is 1. The minimum atomic E-state index is -0.166. The quantitative estimate of drug-likeness (QED) is 0.0380. The van der Waals surface area contributed by atoms with Gasteiger partial charge in [0.05, 0.1) is 12.7 Å². The molecule has 0 spiro atoms. The first-order chi connectivity index (χ1) is 27.2. The van der Waals surface area contributed by atoms with Crippen molar-refractivity contribution in [1.82, 2.24) is 0 Å². The van der Waals surface area contributed by atoms with Crippen LogP contribution in [-0.4, -0.2) is 23.8 Å². The van der Waals surface area contributed by atoms with Crippen molar-refractivity contribution >= 4 is 5.97 Å². The van der Waals surface area contributed by atoms with E-state index in [1.165, 1.54) is 238 Å². The summed E-state index contributed by atoms with van der Waals surface area (Å²) in [5.74, 6) is -0.00285. The fourth-order valence-electron chi connectivity index (χ4n) is 8.09. The Labute approximate surface area is 347 Å². The second kappa shape index (κ2) is 49.3. The van der Waals surface area contributed by atoms with Crippen LogP contribution in [0, 0.1) is 0 Å². The number of ether oxygens (including phenoxy) is 1. The summed E-state index contributed by atoms with van der Waals surface area (Å²) < 4.78 is 5.47. The molecule has 3 nitrogen and oxygen atoms in total. The number of aliphatic hydroxyl groups excluding tert-OH is 1. The van der Waals surface area contributed by atoms with Gasteiger partial charge in [0, 0.05) is 6.42 Å². The van der Waals surface area contributed by atoms with Crippen molar-refractivity contribution in [1.29, 1.82) is 0 Å². The average Bonchev–Trinajstić information content (AvgIpc) is 3.19. The van der Waals surface area contributed by atoms with Crippen LogP contribution in [0.1, 0.15) is 303 Å². The molecule has 328 valence electrons. The van der Waals surface area contributed by atoms with Crippen molar-refractivity contribution in [2.75, 3.05) is 6.61 Å². The van der Waals surface area contributed by atoms with Gasteiger partial charge in [0.1, 0.15) is 0 Å². The third kappa shape index (κ3) is 49.2. The molecule has 0 radical (unpaired) electrons. The first kappa shape index (κ1) is 54.2. The Balaban J connectivity index is 3.18. The first-order valence-electron chi connectivity index (χ1n) is 25.7. The van der Waals surface area contributed by atoms with Gasteiger partial charge in [-0.2, -0.15) is 0 Å². The van der Waals surface area contributed by atoms with Gasteiger partial charge < -0.3 is 9.84 Å². The van der Waals surface area contributed by atoms with Gasteiger partial charge in [-0.15, -0.1) is 0 Å². The predicted octanol–water partition coefficient (Wildman–Crippen LogP) is 18.0. The van der Waals surface area contributed by atoms with E-state index in [1.54, 1.807) is 0 Å². The average molecular weight is 775 g/mol. The predicted molar refractivity (Wildman–Crippen MR) is 245 cm³/mol. The molecule has 0 aromatic heterocycles. The molecule has 0 aliphatic carbocycles. The highest BCUT2D eigenvalue weighted by atomic mass is 16.5. The number of carbonyl (C=O) groups excluding carboxylic acids is 1. The lowest BCUT2D eigenvalue weighted by Crippen LogP contribution is -2.05. The van der Waals surface area contributed by atoms with Crippen molar-refractivity contribution in [3.8, 4) is 0 Å². The highest BCUT2D eigenvalue weighted by Crippen LogP contribution is 2.17. The van der Waals surface area contributed by atoms with Crippen LogP contribution in [0.15, 0.2) is 12.2 Å². The second-order valence-corrected chi connectivity index (χ2v) is 17.7. The van der Waals surface area contributed by atoms with Gasteiger partial charge in [0.25, 0.3) is 0 Å². The maximum atomic E-state index is 12.0. The van der Waals surface area contributed by atoms with Crippen LogP contribution in [0.2, 0.25) is 0 Å². The van der Waals surface area contributed by atoms with Gasteiger partial charge in [-0.3, -0.25) is 4.79 Å². The molecule has 0 aromatic carbocycles. The van der Waals surface area contributed by atoms with E-state index in [0.717, 1.165) is 44.9 Å². The summed E-state index contributed by atoms with van der Waals surface area (Å²) in [6.45, 7) is 5.14. The molecule has 1 N–H and O–H groups in total. The van der Waals surface area contributed by atoms with Gasteiger partial charge >= 0.3 is 5.97 Å². The van der Waals surface area contributed by atoms with Crippen LogP contribution in [0.4, 0.5) is 0 Å². The normalized spacial score (nSPS) is 12.3. The monoisotopic (exact) mass is 775 g/mol. The van der Waals surface area contributed by atoms with E-state index in [-0.39, 0.29) is 12.1 Å². The third-order valence-corrected chi connectivity index (χ3v) is 12.0. The highest BCUT2D eigenvalue weighted by Gasteiger charge is 2.04. The summed E-state index contributed by atoms with van der Waals surface area (Å²) in [6.07, 6.45) is 63.9. The summed E-state index contributed by atoms with van der Waals surface area (Å²) in [6, 6.07) is 0. The van der Waals surface area contributed by atoms with Gasteiger partial charge in [-0.25, -0.2) is 0 Å². The van der Waals surface area contributed by atoms with Gasteiger partial charge in [-0.05, 0) is 38.5 Å². The van der Waals surface area contributed by atoms with Crippen molar-refractivity contribution in [3.63, 3.8) is 0 Å². The number of unbranched alkanes of at least 4 members (excludes halogenated alkanes) is 39. The number of allylic oxidation sites excluding steroid dienone is 1. The summed E-state index contributed by atoms with van der Waals surface area (Å²) in [5.41, 5.74) is 0. The molecule has 0 bridgehead atoms. The lowest BCUT2D eigenvalue weighted by atomic mass is 10.0. The lowest BCUT2D eigenvalue weighted by molar-refractivity contribution is -0.143. The van der Waals surface area contributed by atoms with E-state index in [4.69, 9.17) is 4.74 Å². The molecule has 55 heavy (non-hydrogen) atoms. The zero-order valence-corrected chi connectivity index (χ0v) is 38.0. The molecule has 3 heteroatoms. The van der Waals surface area contributed by atoms with Crippen molar-refractivity contribution in [2.45, 2.75) is 309 Å². The van der Waals surface area contributed by atoms with Crippen molar-refractivity contribution in [2.24, 2.45) is 0 Å². The topological polar surface area (TPSA) is 46.5 Å². The maximum absolute atomic E-state index is 12.0. The fourth-order valence-corrected chi connectivity index (χ4v) is 8.09. The smallest absolute Gasteiger partial charge is 0.305 e. The van der Waals surface area contributed by atoms with Gasteiger partial charge in [0.15, 0.2) is 0 Å². The summed E-state index contributed by atoms with van der Waals surface area (Å²) in [4.78, 5) is 12.0. The van der Waals surface area contributed by atoms with E-state index in [2.05, 4.69) is 26.0 Å². The zero-order chi connectivity index (χ0) is 39.8. The molecule has 0 aliphatic heterocycles. The Morgan fingerprint density at radius 1 is 0.400 bits per heavy atom. The van der Waals surface area contributed by atoms with E-state index < -0.39 is 0 Å². The molecule has 0 rings (SSSR count). The number of aliphatic hydroxyl groups is 1. The molecular formula is C52H102O3. The maximum Gasteiger partial charge on any atom is 0.305 e. The Kier molecular flexibility index (Phi) is 48.6. The first-order valence-corrected chi connectivity index (χ1v) is 25.7. The van der Waals surface area contributed by atoms with E-state index in [9.17, 15) is 9.90 Å². The lowest BCUT2D eigenvalue weighted by Gasteiger charge is -2.07. The summed E-state index contributed by atoms with van der Waals surface area (Å²) in [7, 11) is 0. The minimum Gasteiger partial charge on any atom is -0.466 e. The molecule has 0 heterocycles. The van der Waals surface area contributed by atoms with Crippen LogP contribution >= 0.6 is 0 Å². The molecule has 0 unspecified atom stereocenters. The van der Waals surface area contributed by atoms with Crippen molar-refractivity contribution in [3.05, 3.63) is 12.2 Å². The molecule has 0 aliphatic rings. The van der Waals surface area contributed by atoms with Gasteiger partial charge in [-0.1, -0.05) is 270 Å². The van der Waals surface area contributed by atoms with Crippen molar-refractivity contribution < 1.29 is 14.6 Å². The largest absolute Gasteiger partial charge is 0.466 e. The molecule has 0 amide bonds. The van der Waals surface area contributed by atoms with Crippen LogP contribution in [-0.2, 0) is 9.53 Å². The van der Waals surface area contributed by atoms with Crippen LogP contribution in [0.3, 0.4) is 0 Å². The summed E-state index contributed by atoms with van der Waals surface area (Å²) in [5, 5.41) is 10.0. The second-order valence-electron chi connectivity index (χ2n) is 17.7. The number of hydrogen-bond acceptors (Lipinski definition) is 3. The molecule has 0 fully saturated rings.